The molecule has 3 rings (SSSR count). The minimum atomic E-state index is -0.191. The van der Waals surface area contributed by atoms with Crippen LogP contribution in [0.15, 0.2) is 58.8 Å². The zero-order chi connectivity index (χ0) is 21.5. The highest BCUT2D eigenvalue weighted by atomic mass is 32.2. The second-order valence-electron chi connectivity index (χ2n) is 6.98. The minimum Gasteiger partial charge on any atom is -0.378 e. The van der Waals surface area contributed by atoms with Crippen LogP contribution in [0.2, 0.25) is 0 Å². The smallest absolute Gasteiger partial charge is 0.250 e. The van der Waals surface area contributed by atoms with Gasteiger partial charge < -0.3 is 9.47 Å². The lowest BCUT2D eigenvalue weighted by Gasteiger charge is -2.11. The van der Waals surface area contributed by atoms with Gasteiger partial charge in [-0.25, -0.2) is 5.43 Å². The first-order chi connectivity index (χ1) is 14.5. The fourth-order valence-corrected chi connectivity index (χ4v) is 3.59. The van der Waals surface area contributed by atoms with E-state index in [0.29, 0.717) is 5.16 Å². The van der Waals surface area contributed by atoms with E-state index >= 15 is 0 Å². The lowest BCUT2D eigenvalue weighted by atomic mass is 10.1. The Morgan fingerprint density at radius 3 is 2.47 bits per heavy atom. The van der Waals surface area contributed by atoms with Gasteiger partial charge in [0, 0.05) is 31.9 Å². The van der Waals surface area contributed by atoms with Crippen molar-refractivity contribution in [3.63, 3.8) is 0 Å². The Kier molecular flexibility index (Phi) is 7.24. The van der Waals surface area contributed by atoms with Gasteiger partial charge in [0.2, 0.25) is 0 Å². The number of hydrogen-bond acceptors (Lipinski definition) is 6. The van der Waals surface area contributed by atoms with Crippen molar-refractivity contribution in [3.8, 4) is 11.4 Å². The van der Waals surface area contributed by atoms with E-state index in [1.165, 1.54) is 17.3 Å². The van der Waals surface area contributed by atoms with Crippen LogP contribution < -0.4 is 10.3 Å². The Morgan fingerprint density at radius 1 is 1.13 bits per heavy atom. The number of anilines is 1. The van der Waals surface area contributed by atoms with Gasteiger partial charge in [-0.1, -0.05) is 53.7 Å². The maximum atomic E-state index is 12.2. The van der Waals surface area contributed by atoms with Crippen molar-refractivity contribution in [2.75, 3.05) is 24.7 Å². The highest BCUT2D eigenvalue weighted by molar-refractivity contribution is 7.99. The van der Waals surface area contributed by atoms with Gasteiger partial charge in [-0.15, -0.1) is 10.2 Å². The van der Waals surface area contributed by atoms with E-state index in [4.69, 9.17) is 0 Å². The van der Waals surface area contributed by atoms with Crippen LogP contribution >= 0.6 is 11.8 Å². The van der Waals surface area contributed by atoms with Crippen LogP contribution in [0.3, 0.4) is 0 Å². The van der Waals surface area contributed by atoms with Crippen LogP contribution in [0.1, 0.15) is 18.1 Å². The zero-order valence-electron chi connectivity index (χ0n) is 17.7. The van der Waals surface area contributed by atoms with Gasteiger partial charge in [-0.3, -0.25) is 4.79 Å². The molecule has 0 radical (unpaired) electrons. The minimum absolute atomic E-state index is 0.191. The van der Waals surface area contributed by atoms with E-state index in [0.717, 1.165) is 29.2 Å². The van der Waals surface area contributed by atoms with Gasteiger partial charge in [-0.2, -0.15) is 5.10 Å². The van der Waals surface area contributed by atoms with Gasteiger partial charge >= 0.3 is 0 Å². The number of benzene rings is 2. The maximum Gasteiger partial charge on any atom is 0.250 e. The number of nitrogens with one attached hydrogen (secondary N) is 1. The molecule has 0 saturated carbocycles. The maximum absolute atomic E-state index is 12.2. The number of aromatic nitrogens is 3. The Hall–Kier alpha value is -3.13. The lowest BCUT2D eigenvalue weighted by molar-refractivity contribution is -0.118. The first kappa shape index (κ1) is 21.6. The third-order valence-corrected chi connectivity index (χ3v) is 5.45. The molecule has 7 nitrogen and oxygen atoms in total. The van der Waals surface area contributed by atoms with Crippen molar-refractivity contribution in [3.05, 3.63) is 59.7 Å². The number of hydrazone groups is 1. The summed E-state index contributed by atoms with van der Waals surface area (Å²) in [7, 11) is 3.98. The summed E-state index contributed by atoms with van der Waals surface area (Å²) in [6.45, 7) is 4.81. The molecule has 0 atom stereocenters. The molecule has 0 unspecified atom stereocenters. The molecular weight excluding hydrogens is 396 g/mol. The molecule has 1 aromatic heterocycles. The zero-order valence-corrected chi connectivity index (χ0v) is 18.5. The van der Waals surface area contributed by atoms with E-state index in [1.54, 1.807) is 6.21 Å². The SMILES string of the molecule is CCn1c(SCC(=O)NN=Cc2ccc(N(C)C)cc2)nnc1-c1ccc(C)cc1. The summed E-state index contributed by atoms with van der Waals surface area (Å²) >= 11 is 1.35. The Balaban J connectivity index is 1.56. The fraction of sp³-hybridized carbons (Fsp3) is 0.273. The number of hydrogen-bond donors (Lipinski definition) is 1. The van der Waals surface area contributed by atoms with E-state index in [1.807, 2.05) is 66.9 Å². The molecule has 0 spiro atoms. The van der Waals surface area contributed by atoms with E-state index in [-0.39, 0.29) is 11.7 Å². The van der Waals surface area contributed by atoms with Gasteiger partial charge in [0.15, 0.2) is 11.0 Å². The van der Waals surface area contributed by atoms with Crippen molar-refractivity contribution in [1.29, 1.82) is 0 Å². The lowest BCUT2D eigenvalue weighted by Crippen LogP contribution is -2.20. The van der Waals surface area contributed by atoms with Gasteiger partial charge in [0.25, 0.3) is 5.91 Å². The summed E-state index contributed by atoms with van der Waals surface area (Å²) in [5, 5.41) is 13.3. The van der Waals surface area contributed by atoms with Crippen molar-refractivity contribution in [1.82, 2.24) is 20.2 Å². The van der Waals surface area contributed by atoms with Crippen LogP contribution in [-0.4, -0.2) is 46.7 Å². The first-order valence-electron chi connectivity index (χ1n) is 9.70. The van der Waals surface area contributed by atoms with Crippen molar-refractivity contribution in [2.45, 2.75) is 25.5 Å². The van der Waals surface area contributed by atoms with E-state index in [2.05, 4.69) is 39.8 Å². The largest absolute Gasteiger partial charge is 0.378 e. The molecule has 0 aliphatic rings. The Morgan fingerprint density at radius 2 is 1.83 bits per heavy atom. The van der Waals surface area contributed by atoms with E-state index < -0.39 is 0 Å². The van der Waals surface area contributed by atoms with Crippen LogP contribution in [0, 0.1) is 6.92 Å². The summed E-state index contributed by atoms with van der Waals surface area (Å²) in [5.74, 6) is 0.825. The van der Waals surface area contributed by atoms with Gasteiger partial charge in [0.05, 0.1) is 12.0 Å². The number of rotatable bonds is 8. The van der Waals surface area contributed by atoms with Crippen molar-refractivity contribution >= 4 is 29.6 Å². The topological polar surface area (TPSA) is 75.4 Å². The highest BCUT2D eigenvalue weighted by Gasteiger charge is 2.14. The molecule has 1 amide bonds. The second kappa shape index (κ2) is 10.1. The normalized spacial score (nSPS) is 11.1. The fourth-order valence-electron chi connectivity index (χ4n) is 2.80. The molecule has 1 heterocycles. The quantitative estimate of drug-likeness (QED) is 0.341. The summed E-state index contributed by atoms with van der Waals surface area (Å²) in [6.07, 6.45) is 1.63. The average Bonchev–Trinajstić information content (AvgIpc) is 3.16. The Labute approximate surface area is 181 Å². The molecule has 2 aromatic carbocycles. The number of carbonyl (C=O) groups is 1. The monoisotopic (exact) mass is 422 g/mol. The molecule has 3 aromatic rings. The number of aryl methyl sites for hydroxylation is 1. The molecule has 0 bridgehead atoms. The third-order valence-electron chi connectivity index (χ3n) is 4.49. The first-order valence-corrected chi connectivity index (χ1v) is 10.7. The summed E-state index contributed by atoms with van der Waals surface area (Å²) in [4.78, 5) is 14.2. The van der Waals surface area contributed by atoms with Gasteiger partial charge in [0.1, 0.15) is 0 Å². The summed E-state index contributed by atoms with van der Waals surface area (Å²) in [5.41, 5.74) is 6.80. The van der Waals surface area contributed by atoms with Crippen LogP contribution in [-0.2, 0) is 11.3 Å². The van der Waals surface area contributed by atoms with Crippen LogP contribution in [0.4, 0.5) is 5.69 Å². The molecule has 156 valence electrons. The van der Waals surface area contributed by atoms with Gasteiger partial charge in [-0.05, 0) is 31.5 Å². The number of amides is 1. The molecule has 1 N–H and O–H groups in total. The number of carbonyl (C=O) groups excluding carboxylic acids is 1. The third kappa shape index (κ3) is 5.48. The molecule has 0 aliphatic heterocycles. The molecule has 8 heteroatoms. The average molecular weight is 423 g/mol. The molecule has 0 aliphatic carbocycles. The summed E-state index contributed by atoms with van der Waals surface area (Å²) in [6, 6.07) is 16.1. The molecule has 0 saturated heterocycles. The highest BCUT2D eigenvalue weighted by Crippen LogP contribution is 2.24. The van der Waals surface area contributed by atoms with E-state index in [9.17, 15) is 4.79 Å². The molecule has 30 heavy (non-hydrogen) atoms. The van der Waals surface area contributed by atoms with Crippen LogP contribution in [0.5, 0.6) is 0 Å². The molecular formula is C22H26N6OS. The Bertz CT molecular complexity index is 1010. The second-order valence-corrected chi connectivity index (χ2v) is 7.93. The predicted molar refractivity (Wildman–Crippen MR) is 123 cm³/mol. The van der Waals surface area contributed by atoms with Crippen LogP contribution in [0.25, 0.3) is 11.4 Å². The molecule has 0 fully saturated rings. The number of nitrogens with zero attached hydrogens (tertiary/aromatic N) is 5. The summed E-state index contributed by atoms with van der Waals surface area (Å²) < 4.78 is 2.01. The van der Waals surface area contributed by atoms with Crippen molar-refractivity contribution < 1.29 is 4.79 Å². The predicted octanol–water partition coefficient (Wildman–Crippen LogP) is 3.58. The van der Waals surface area contributed by atoms with Crippen molar-refractivity contribution in [2.24, 2.45) is 5.10 Å². The standard InChI is InChI=1S/C22H26N6OS/c1-5-28-21(18-10-6-16(2)7-11-18)25-26-22(28)30-15-20(29)24-23-14-17-8-12-19(13-9-17)27(3)4/h6-14H,5,15H2,1-4H3,(H,24,29). The number of thioether (sulfide) groups is 1.